The van der Waals surface area contributed by atoms with Gasteiger partial charge in [-0.3, -0.25) is 4.79 Å². The van der Waals surface area contributed by atoms with Gasteiger partial charge >= 0.3 is 0 Å². The monoisotopic (exact) mass is 300 g/mol. The Balaban J connectivity index is 1.75. The van der Waals surface area contributed by atoms with Crippen molar-refractivity contribution in [2.75, 3.05) is 11.9 Å². The fraction of sp³-hybridized carbons (Fsp3) is 0.278. The highest BCUT2D eigenvalue weighted by molar-refractivity contribution is 5.91. The molecule has 0 atom stereocenters. The smallest absolute Gasteiger partial charge is 0.225 e. The number of anilines is 1. The number of hydrogen-bond donors (Lipinski definition) is 2. The lowest BCUT2D eigenvalue weighted by molar-refractivity contribution is -0.116. The van der Waals surface area contributed by atoms with Crippen LogP contribution in [0.4, 0.5) is 10.1 Å². The molecule has 0 aliphatic carbocycles. The maximum Gasteiger partial charge on any atom is 0.225 e. The molecule has 0 spiro atoms. The van der Waals surface area contributed by atoms with Crippen LogP contribution < -0.4 is 10.6 Å². The maximum absolute atomic E-state index is 13.4. The second-order valence-corrected chi connectivity index (χ2v) is 5.08. The van der Waals surface area contributed by atoms with Crippen LogP contribution in [0.3, 0.4) is 0 Å². The van der Waals surface area contributed by atoms with E-state index < -0.39 is 0 Å². The van der Waals surface area contributed by atoms with Crippen LogP contribution in [0.15, 0.2) is 48.5 Å². The molecule has 0 bridgehead atoms. The Labute approximate surface area is 130 Å². The van der Waals surface area contributed by atoms with Crippen LogP contribution in [0.1, 0.15) is 24.5 Å². The Hall–Kier alpha value is -2.20. The molecule has 116 valence electrons. The summed E-state index contributed by atoms with van der Waals surface area (Å²) in [5.41, 5.74) is 2.60. The molecule has 0 heterocycles. The number of hydrogen-bond acceptors (Lipinski definition) is 2. The third-order valence-corrected chi connectivity index (χ3v) is 3.47. The zero-order valence-corrected chi connectivity index (χ0v) is 12.7. The van der Waals surface area contributed by atoms with Gasteiger partial charge in [0.25, 0.3) is 0 Å². The van der Waals surface area contributed by atoms with Gasteiger partial charge in [-0.05, 0) is 24.1 Å². The van der Waals surface area contributed by atoms with Gasteiger partial charge in [-0.25, -0.2) is 4.39 Å². The zero-order valence-electron chi connectivity index (χ0n) is 12.7. The molecule has 1 amide bonds. The molecule has 0 aromatic heterocycles. The van der Waals surface area contributed by atoms with E-state index in [0.29, 0.717) is 25.1 Å². The predicted octanol–water partition coefficient (Wildman–Crippen LogP) is 3.51. The number of carbonyl (C=O) groups excluding carboxylic acids is 1. The van der Waals surface area contributed by atoms with Gasteiger partial charge in [0.15, 0.2) is 0 Å². The van der Waals surface area contributed by atoms with E-state index in [2.05, 4.69) is 17.6 Å². The molecule has 2 N–H and O–H groups in total. The Morgan fingerprint density at radius 1 is 1.05 bits per heavy atom. The number of nitrogens with one attached hydrogen (secondary N) is 2. The van der Waals surface area contributed by atoms with Crippen molar-refractivity contribution in [1.82, 2.24) is 5.32 Å². The lowest BCUT2D eigenvalue weighted by atomic mass is 10.1. The van der Waals surface area contributed by atoms with Crippen LogP contribution in [0.5, 0.6) is 0 Å². The van der Waals surface area contributed by atoms with Crippen LogP contribution in [0, 0.1) is 5.82 Å². The number of aryl methyl sites for hydroxylation is 1. The molecular weight excluding hydrogens is 279 g/mol. The third kappa shape index (κ3) is 4.67. The van der Waals surface area contributed by atoms with E-state index in [1.807, 2.05) is 24.3 Å². The van der Waals surface area contributed by atoms with Crippen molar-refractivity contribution in [1.29, 1.82) is 0 Å². The minimum Gasteiger partial charge on any atom is -0.326 e. The quantitative estimate of drug-likeness (QED) is 0.768. The molecule has 0 aliphatic heterocycles. The second-order valence-electron chi connectivity index (χ2n) is 5.08. The van der Waals surface area contributed by atoms with E-state index in [1.165, 1.54) is 6.07 Å². The van der Waals surface area contributed by atoms with E-state index in [1.54, 1.807) is 18.2 Å². The lowest BCUT2D eigenvalue weighted by Crippen LogP contribution is -2.22. The van der Waals surface area contributed by atoms with Gasteiger partial charge in [-0.1, -0.05) is 43.3 Å². The van der Waals surface area contributed by atoms with E-state index in [0.717, 1.165) is 17.7 Å². The molecular formula is C18H21FN2O. The topological polar surface area (TPSA) is 41.1 Å². The first-order valence-corrected chi connectivity index (χ1v) is 7.52. The third-order valence-electron chi connectivity index (χ3n) is 3.47. The van der Waals surface area contributed by atoms with Gasteiger partial charge in [0.1, 0.15) is 5.82 Å². The highest BCUT2D eigenvalue weighted by atomic mass is 19.1. The molecule has 0 saturated carbocycles. The first-order valence-electron chi connectivity index (χ1n) is 7.52. The summed E-state index contributed by atoms with van der Waals surface area (Å²) in [5, 5.41) is 6.01. The van der Waals surface area contributed by atoms with Gasteiger partial charge in [0.05, 0.1) is 0 Å². The van der Waals surface area contributed by atoms with Crippen molar-refractivity contribution in [3.8, 4) is 0 Å². The Morgan fingerprint density at radius 2 is 1.73 bits per heavy atom. The number of carbonyl (C=O) groups is 1. The van der Waals surface area contributed by atoms with E-state index >= 15 is 0 Å². The minimum absolute atomic E-state index is 0.0399. The summed E-state index contributed by atoms with van der Waals surface area (Å²) in [6.07, 6.45) is 1.23. The molecule has 0 unspecified atom stereocenters. The number of benzene rings is 2. The number of rotatable bonds is 7. The molecule has 0 aliphatic rings. The molecule has 0 saturated heterocycles. The summed E-state index contributed by atoms with van der Waals surface area (Å²) < 4.78 is 13.4. The standard InChI is InChI=1S/C18H21FN2O/c1-2-14-7-4-6-10-17(14)21-18(22)11-12-20-13-15-8-3-5-9-16(15)19/h3-10,20H,2,11-13H2,1H3,(H,21,22). The maximum atomic E-state index is 13.4. The number of amides is 1. The molecule has 0 fully saturated rings. The highest BCUT2D eigenvalue weighted by Crippen LogP contribution is 2.15. The average Bonchev–Trinajstić information content (AvgIpc) is 2.53. The van der Waals surface area contributed by atoms with Crippen LogP contribution in [0.2, 0.25) is 0 Å². The largest absolute Gasteiger partial charge is 0.326 e. The molecule has 3 nitrogen and oxygen atoms in total. The Morgan fingerprint density at radius 3 is 2.45 bits per heavy atom. The second kappa shape index (κ2) is 8.29. The predicted molar refractivity (Wildman–Crippen MR) is 87.2 cm³/mol. The van der Waals surface area contributed by atoms with Crippen LogP contribution in [-0.4, -0.2) is 12.5 Å². The minimum atomic E-state index is -0.226. The average molecular weight is 300 g/mol. The van der Waals surface area contributed by atoms with Gasteiger partial charge in [0, 0.05) is 30.8 Å². The highest BCUT2D eigenvalue weighted by Gasteiger charge is 2.05. The van der Waals surface area contributed by atoms with E-state index in [-0.39, 0.29) is 11.7 Å². The number of halogens is 1. The summed E-state index contributed by atoms with van der Waals surface area (Å²) in [4.78, 5) is 11.9. The first-order chi connectivity index (χ1) is 10.7. The van der Waals surface area contributed by atoms with Gasteiger partial charge in [0.2, 0.25) is 5.91 Å². The van der Waals surface area contributed by atoms with E-state index in [9.17, 15) is 9.18 Å². The fourth-order valence-electron chi connectivity index (χ4n) is 2.23. The van der Waals surface area contributed by atoms with Crippen molar-refractivity contribution in [2.45, 2.75) is 26.3 Å². The molecule has 2 aromatic rings. The summed E-state index contributed by atoms with van der Waals surface area (Å²) in [6, 6.07) is 14.4. The Bertz CT molecular complexity index is 628. The van der Waals surface area contributed by atoms with Crippen molar-refractivity contribution >= 4 is 11.6 Å². The summed E-state index contributed by atoms with van der Waals surface area (Å²) in [6.45, 7) is 2.99. The number of para-hydroxylation sites is 1. The molecule has 0 radical (unpaired) electrons. The van der Waals surface area contributed by atoms with Crippen LogP contribution >= 0.6 is 0 Å². The fourth-order valence-corrected chi connectivity index (χ4v) is 2.23. The van der Waals surface area contributed by atoms with Crippen LogP contribution in [0.25, 0.3) is 0 Å². The van der Waals surface area contributed by atoms with Gasteiger partial charge in [-0.15, -0.1) is 0 Å². The van der Waals surface area contributed by atoms with Gasteiger partial charge < -0.3 is 10.6 Å². The van der Waals surface area contributed by atoms with Crippen molar-refractivity contribution in [3.05, 3.63) is 65.5 Å². The van der Waals surface area contributed by atoms with Crippen LogP contribution in [-0.2, 0) is 17.8 Å². The van der Waals surface area contributed by atoms with Gasteiger partial charge in [-0.2, -0.15) is 0 Å². The Kier molecular flexibility index (Phi) is 6.10. The van der Waals surface area contributed by atoms with E-state index in [4.69, 9.17) is 0 Å². The SMILES string of the molecule is CCc1ccccc1NC(=O)CCNCc1ccccc1F. The summed E-state index contributed by atoms with van der Waals surface area (Å²) in [5.74, 6) is -0.266. The zero-order chi connectivity index (χ0) is 15.8. The summed E-state index contributed by atoms with van der Waals surface area (Å²) >= 11 is 0. The van der Waals surface area contributed by atoms with Crippen molar-refractivity contribution in [2.24, 2.45) is 0 Å². The molecule has 4 heteroatoms. The summed E-state index contributed by atoms with van der Waals surface area (Å²) in [7, 11) is 0. The molecule has 22 heavy (non-hydrogen) atoms. The molecule has 2 rings (SSSR count). The molecule has 2 aromatic carbocycles. The lowest BCUT2D eigenvalue weighted by Gasteiger charge is -2.10. The normalized spacial score (nSPS) is 10.5. The van der Waals surface area contributed by atoms with Crippen molar-refractivity contribution < 1.29 is 9.18 Å². The first kappa shape index (κ1) is 16.2. The van der Waals surface area contributed by atoms with Crippen molar-refractivity contribution in [3.63, 3.8) is 0 Å².